The second kappa shape index (κ2) is 9.98. The first kappa shape index (κ1) is 22.2. The summed E-state index contributed by atoms with van der Waals surface area (Å²) in [6.45, 7) is 4.58. The minimum absolute atomic E-state index is 0.0614. The van der Waals surface area contributed by atoms with E-state index in [2.05, 4.69) is 20.6 Å². The van der Waals surface area contributed by atoms with Gasteiger partial charge in [-0.3, -0.25) is 4.90 Å². The predicted molar refractivity (Wildman–Crippen MR) is 124 cm³/mol. The van der Waals surface area contributed by atoms with E-state index in [-0.39, 0.29) is 12.1 Å². The zero-order valence-corrected chi connectivity index (χ0v) is 18.9. The fourth-order valence-corrected chi connectivity index (χ4v) is 3.96. The van der Waals surface area contributed by atoms with Crippen LogP contribution in [0.5, 0.6) is 0 Å². The van der Waals surface area contributed by atoms with Crippen LogP contribution in [0.1, 0.15) is 38.2 Å². The van der Waals surface area contributed by atoms with E-state index in [0.29, 0.717) is 23.6 Å². The van der Waals surface area contributed by atoms with E-state index in [1.54, 1.807) is 17.0 Å². The Kier molecular flexibility index (Phi) is 7.37. The highest BCUT2D eigenvalue weighted by molar-refractivity contribution is 6.30. The lowest BCUT2D eigenvalue weighted by atomic mass is 9.91. The minimum atomic E-state index is -0.0614. The molecule has 2 amide bonds. The quantitative estimate of drug-likeness (QED) is 0.707. The number of nitrogens with zero attached hydrogens (tertiary/aromatic N) is 4. The summed E-state index contributed by atoms with van der Waals surface area (Å²) in [6, 6.07) is 7.78. The van der Waals surface area contributed by atoms with Crippen LogP contribution in [0.2, 0.25) is 5.02 Å². The molecule has 1 aromatic carbocycles. The lowest BCUT2D eigenvalue weighted by molar-refractivity contribution is 0.237. The first-order valence-electron chi connectivity index (χ1n) is 10.5. The van der Waals surface area contributed by atoms with Crippen LogP contribution in [-0.2, 0) is 0 Å². The van der Waals surface area contributed by atoms with Crippen LogP contribution < -0.4 is 20.4 Å². The van der Waals surface area contributed by atoms with Gasteiger partial charge in [-0.05, 0) is 63.8 Å². The zero-order valence-electron chi connectivity index (χ0n) is 18.2. The number of benzene rings is 1. The summed E-state index contributed by atoms with van der Waals surface area (Å²) in [5.41, 5.74) is 1.90. The Hall–Kier alpha value is -2.54. The van der Waals surface area contributed by atoms with E-state index in [4.69, 9.17) is 11.6 Å². The number of urea groups is 1. The van der Waals surface area contributed by atoms with Gasteiger partial charge in [-0.1, -0.05) is 11.6 Å². The molecule has 30 heavy (non-hydrogen) atoms. The second-order valence-corrected chi connectivity index (χ2v) is 8.39. The van der Waals surface area contributed by atoms with Crippen LogP contribution in [-0.4, -0.2) is 48.7 Å². The van der Waals surface area contributed by atoms with Crippen molar-refractivity contribution in [3.05, 3.63) is 41.0 Å². The van der Waals surface area contributed by atoms with Crippen molar-refractivity contribution in [1.29, 1.82) is 0 Å². The Labute approximate surface area is 183 Å². The lowest BCUT2D eigenvalue weighted by Crippen LogP contribution is -2.47. The molecule has 1 fully saturated rings. The van der Waals surface area contributed by atoms with Crippen molar-refractivity contribution in [3.63, 3.8) is 0 Å². The summed E-state index contributed by atoms with van der Waals surface area (Å²) in [5, 5.41) is 7.31. The third-order valence-corrected chi connectivity index (χ3v) is 5.71. The van der Waals surface area contributed by atoms with Gasteiger partial charge in [-0.15, -0.1) is 0 Å². The highest BCUT2D eigenvalue weighted by Gasteiger charge is 2.25. The fourth-order valence-electron chi connectivity index (χ4n) is 3.84. The molecule has 162 valence electrons. The summed E-state index contributed by atoms with van der Waals surface area (Å²) in [7, 11) is 3.97. The summed E-state index contributed by atoms with van der Waals surface area (Å²) >= 11 is 5.96. The molecule has 1 saturated carbocycles. The van der Waals surface area contributed by atoms with Gasteiger partial charge in [0.1, 0.15) is 5.82 Å². The SMILES string of the molecule is CCN(C(=O)N[C@H]1CC[C@@H](Nc2ncc(C)c(N(C)C)n2)CC1)c1ccc(Cl)cc1. The molecule has 2 aromatic rings. The topological polar surface area (TPSA) is 73.4 Å². The van der Waals surface area contributed by atoms with Crippen LogP contribution in [0.3, 0.4) is 0 Å². The van der Waals surface area contributed by atoms with Crippen LogP contribution in [0.4, 0.5) is 22.2 Å². The number of rotatable bonds is 6. The number of hydrogen-bond acceptors (Lipinski definition) is 5. The number of anilines is 3. The van der Waals surface area contributed by atoms with Gasteiger partial charge >= 0.3 is 6.03 Å². The minimum Gasteiger partial charge on any atom is -0.362 e. The van der Waals surface area contributed by atoms with Gasteiger partial charge in [0.2, 0.25) is 5.95 Å². The van der Waals surface area contributed by atoms with Crippen LogP contribution in [0.15, 0.2) is 30.5 Å². The van der Waals surface area contributed by atoms with Gasteiger partial charge in [0.05, 0.1) is 0 Å². The van der Waals surface area contributed by atoms with E-state index in [9.17, 15) is 4.79 Å². The number of carbonyl (C=O) groups excluding carboxylic acids is 1. The largest absolute Gasteiger partial charge is 0.362 e. The maximum Gasteiger partial charge on any atom is 0.322 e. The normalized spacial score (nSPS) is 18.6. The molecule has 0 radical (unpaired) electrons. The molecule has 1 aliphatic carbocycles. The van der Waals surface area contributed by atoms with Crippen molar-refractivity contribution < 1.29 is 4.79 Å². The fraction of sp³-hybridized carbons (Fsp3) is 0.500. The third kappa shape index (κ3) is 5.53. The molecule has 0 unspecified atom stereocenters. The van der Waals surface area contributed by atoms with E-state index >= 15 is 0 Å². The first-order valence-corrected chi connectivity index (χ1v) is 10.9. The van der Waals surface area contributed by atoms with E-state index in [1.807, 2.05) is 51.2 Å². The van der Waals surface area contributed by atoms with Crippen LogP contribution in [0.25, 0.3) is 0 Å². The predicted octanol–water partition coefficient (Wildman–Crippen LogP) is 4.46. The number of aryl methyl sites for hydroxylation is 1. The average molecular weight is 431 g/mol. The molecule has 8 heteroatoms. The summed E-state index contributed by atoms with van der Waals surface area (Å²) in [6.07, 6.45) is 5.63. The summed E-state index contributed by atoms with van der Waals surface area (Å²) in [5.74, 6) is 1.59. The number of hydrogen-bond donors (Lipinski definition) is 2. The molecule has 0 aliphatic heterocycles. The van der Waals surface area contributed by atoms with Crippen molar-refractivity contribution in [1.82, 2.24) is 15.3 Å². The molecule has 1 aromatic heterocycles. The average Bonchev–Trinajstić information content (AvgIpc) is 2.72. The van der Waals surface area contributed by atoms with E-state index in [1.165, 1.54) is 0 Å². The molecule has 1 aliphatic rings. The van der Waals surface area contributed by atoms with Gasteiger partial charge in [0.25, 0.3) is 0 Å². The van der Waals surface area contributed by atoms with Crippen molar-refractivity contribution in [2.24, 2.45) is 0 Å². The van der Waals surface area contributed by atoms with Crippen molar-refractivity contribution in [2.45, 2.75) is 51.6 Å². The first-order chi connectivity index (χ1) is 14.4. The molecule has 1 heterocycles. The number of carbonyl (C=O) groups is 1. The molecule has 3 rings (SSSR count). The van der Waals surface area contributed by atoms with Crippen LogP contribution in [0, 0.1) is 6.92 Å². The standard InChI is InChI=1S/C22H31ClN6O/c1-5-29(19-12-6-16(23)7-13-19)22(30)26-18-10-8-17(9-11-18)25-21-24-14-15(2)20(27-21)28(3)4/h6-7,12-14,17-18H,5,8-11H2,1-4H3,(H,26,30)(H,24,25,27)/t17-,18+. The molecular formula is C22H31ClN6O. The molecule has 0 atom stereocenters. The number of halogens is 1. The van der Waals surface area contributed by atoms with Crippen molar-refractivity contribution in [3.8, 4) is 0 Å². The Morgan fingerprint density at radius 2 is 1.77 bits per heavy atom. The molecule has 0 bridgehead atoms. The van der Waals surface area contributed by atoms with Gasteiger partial charge in [-0.25, -0.2) is 9.78 Å². The smallest absolute Gasteiger partial charge is 0.322 e. The third-order valence-electron chi connectivity index (χ3n) is 5.46. The molecule has 0 spiro atoms. The maximum absolute atomic E-state index is 12.8. The number of amides is 2. The monoisotopic (exact) mass is 430 g/mol. The zero-order chi connectivity index (χ0) is 21.7. The molecule has 2 N–H and O–H groups in total. The van der Waals surface area contributed by atoms with Gasteiger partial charge in [0.15, 0.2) is 0 Å². The van der Waals surface area contributed by atoms with Crippen LogP contribution >= 0.6 is 11.6 Å². The van der Waals surface area contributed by atoms with E-state index < -0.39 is 0 Å². The van der Waals surface area contributed by atoms with Gasteiger partial charge in [-0.2, -0.15) is 4.98 Å². The number of aromatic nitrogens is 2. The second-order valence-electron chi connectivity index (χ2n) is 7.96. The molecular weight excluding hydrogens is 400 g/mol. The maximum atomic E-state index is 12.8. The Morgan fingerprint density at radius 1 is 1.13 bits per heavy atom. The Bertz CT molecular complexity index is 849. The molecule has 0 saturated heterocycles. The summed E-state index contributed by atoms with van der Waals surface area (Å²) in [4.78, 5) is 25.6. The summed E-state index contributed by atoms with van der Waals surface area (Å²) < 4.78 is 0. The lowest BCUT2D eigenvalue weighted by Gasteiger charge is -2.31. The Balaban J connectivity index is 1.52. The van der Waals surface area contributed by atoms with E-state index in [0.717, 1.165) is 42.8 Å². The van der Waals surface area contributed by atoms with Crippen molar-refractivity contribution >= 4 is 35.1 Å². The van der Waals surface area contributed by atoms with Gasteiger partial charge < -0.3 is 15.5 Å². The highest BCUT2D eigenvalue weighted by Crippen LogP contribution is 2.24. The number of nitrogens with one attached hydrogen (secondary N) is 2. The Morgan fingerprint density at radius 3 is 2.37 bits per heavy atom. The van der Waals surface area contributed by atoms with Gasteiger partial charge in [0, 0.05) is 55.2 Å². The molecule has 7 nitrogen and oxygen atoms in total. The highest BCUT2D eigenvalue weighted by atomic mass is 35.5. The van der Waals surface area contributed by atoms with Crippen molar-refractivity contribution in [2.75, 3.05) is 35.8 Å².